The summed E-state index contributed by atoms with van der Waals surface area (Å²) in [6.07, 6.45) is 1.14. The van der Waals surface area contributed by atoms with Crippen LogP contribution in [0.1, 0.15) is 12.0 Å². The van der Waals surface area contributed by atoms with Crippen LogP contribution in [0.15, 0.2) is 30.3 Å². The van der Waals surface area contributed by atoms with Crippen molar-refractivity contribution in [3.63, 3.8) is 0 Å². The number of nitrogens with zero attached hydrogens (tertiary/aromatic N) is 1. The van der Waals surface area contributed by atoms with Crippen molar-refractivity contribution in [1.82, 2.24) is 4.90 Å². The molecule has 0 spiro atoms. The molecule has 1 saturated heterocycles. The molecule has 1 N–H and O–H groups in total. The van der Waals surface area contributed by atoms with Crippen LogP contribution in [-0.4, -0.2) is 46.5 Å². The third kappa shape index (κ3) is 4.56. The van der Waals surface area contributed by atoms with Crippen molar-refractivity contribution in [2.75, 3.05) is 24.6 Å². The average Bonchev–Trinajstić information content (AvgIpc) is 2.39. The molecule has 5 heteroatoms. The predicted octanol–water partition coefficient (Wildman–Crippen LogP) is 1.90. The summed E-state index contributed by atoms with van der Waals surface area (Å²) in [5.74, 6) is 0.921. The minimum absolute atomic E-state index is 0.129. The van der Waals surface area contributed by atoms with Gasteiger partial charge in [0, 0.05) is 19.0 Å². The smallest absolute Gasteiger partial charge is 0.303 e. The Bertz CT molecular complexity index is 457. The number of carboxylic acids is 1. The average molecular weight is 293 g/mol. The lowest BCUT2D eigenvalue weighted by Crippen LogP contribution is -2.51. The topological polar surface area (TPSA) is 57.6 Å². The number of likely N-dealkylation sites (tertiary alicyclic amines) is 1. The molecule has 0 atom stereocenters. The van der Waals surface area contributed by atoms with Gasteiger partial charge in [0.25, 0.3) is 0 Å². The van der Waals surface area contributed by atoms with E-state index in [4.69, 9.17) is 5.11 Å². The fraction of sp³-hybridized carbons (Fsp3) is 0.467. The summed E-state index contributed by atoms with van der Waals surface area (Å²) in [5.41, 5.74) is 1.29. The van der Waals surface area contributed by atoms with Gasteiger partial charge in [-0.1, -0.05) is 30.3 Å². The molecule has 1 aromatic rings. The van der Waals surface area contributed by atoms with Gasteiger partial charge in [-0.05, 0) is 17.7 Å². The number of thioether (sulfide) groups is 1. The molecule has 0 unspecified atom stereocenters. The van der Waals surface area contributed by atoms with Crippen LogP contribution < -0.4 is 0 Å². The zero-order valence-electron chi connectivity index (χ0n) is 11.3. The molecule has 1 fully saturated rings. The van der Waals surface area contributed by atoms with Gasteiger partial charge in [-0.15, -0.1) is 0 Å². The fourth-order valence-electron chi connectivity index (χ4n) is 2.24. The molecule has 20 heavy (non-hydrogen) atoms. The molecule has 0 aromatic heterocycles. The molecule has 1 amide bonds. The number of hydrogen-bond acceptors (Lipinski definition) is 3. The zero-order chi connectivity index (χ0) is 14.4. The molecule has 0 aliphatic carbocycles. The van der Waals surface area contributed by atoms with Crippen molar-refractivity contribution in [2.45, 2.75) is 12.8 Å². The highest BCUT2D eigenvalue weighted by molar-refractivity contribution is 7.99. The first-order valence-electron chi connectivity index (χ1n) is 6.76. The van der Waals surface area contributed by atoms with Gasteiger partial charge in [0.2, 0.25) is 5.91 Å². The Labute approximate surface area is 123 Å². The number of benzene rings is 1. The van der Waals surface area contributed by atoms with Gasteiger partial charge >= 0.3 is 5.97 Å². The molecule has 0 radical (unpaired) electrons. The van der Waals surface area contributed by atoms with Gasteiger partial charge in [-0.3, -0.25) is 9.59 Å². The third-order valence-electron chi connectivity index (χ3n) is 3.38. The number of carboxylic acid groups (broad SMARTS) is 1. The van der Waals surface area contributed by atoms with Crippen LogP contribution in [0.4, 0.5) is 0 Å². The van der Waals surface area contributed by atoms with E-state index in [0.717, 1.165) is 12.2 Å². The van der Waals surface area contributed by atoms with Gasteiger partial charge < -0.3 is 10.0 Å². The predicted molar refractivity (Wildman–Crippen MR) is 79.8 cm³/mol. The lowest BCUT2D eigenvalue weighted by Gasteiger charge is -2.38. The van der Waals surface area contributed by atoms with Crippen molar-refractivity contribution < 1.29 is 14.7 Å². The van der Waals surface area contributed by atoms with E-state index in [9.17, 15) is 9.59 Å². The standard InChI is InChI=1S/C15H19NO3S/c17-14(16-9-13(10-16)8-15(18)19)11-20-7-6-12-4-2-1-3-5-12/h1-5,13H,6-11H2,(H,18,19). The van der Waals surface area contributed by atoms with Crippen LogP contribution in [0.3, 0.4) is 0 Å². The van der Waals surface area contributed by atoms with Gasteiger partial charge in [-0.2, -0.15) is 11.8 Å². The molecule has 4 nitrogen and oxygen atoms in total. The van der Waals surface area contributed by atoms with E-state index in [1.54, 1.807) is 16.7 Å². The Morgan fingerprint density at radius 1 is 1.25 bits per heavy atom. The lowest BCUT2D eigenvalue weighted by atomic mass is 9.96. The maximum absolute atomic E-state index is 11.8. The molecule has 2 rings (SSSR count). The minimum atomic E-state index is -0.778. The Balaban J connectivity index is 1.56. The van der Waals surface area contributed by atoms with E-state index < -0.39 is 5.97 Å². The Morgan fingerprint density at radius 3 is 2.60 bits per heavy atom. The number of aryl methyl sites for hydroxylation is 1. The van der Waals surface area contributed by atoms with Crippen LogP contribution in [-0.2, 0) is 16.0 Å². The second-order valence-electron chi connectivity index (χ2n) is 5.05. The molecule has 1 aliphatic heterocycles. The van der Waals surface area contributed by atoms with Crippen LogP contribution in [0.2, 0.25) is 0 Å². The summed E-state index contributed by atoms with van der Waals surface area (Å²) in [7, 11) is 0. The van der Waals surface area contributed by atoms with Crippen molar-refractivity contribution in [3.8, 4) is 0 Å². The maximum Gasteiger partial charge on any atom is 0.303 e. The number of amides is 1. The third-order valence-corrected chi connectivity index (χ3v) is 4.32. The monoisotopic (exact) mass is 293 g/mol. The zero-order valence-corrected chi connectivity index (χ0v) is 12.1. The van der Waals surface area contributed by atoms with Crippen LogP contribution in [0, 0.1) is 5.92 Å². The first-order valence-corrected chi connectivity index (χ1v) is 7.92. The summed E-state index contributed by atoms with van der Waals surface area (Å²) in [5, 5.41) is 8.65. The first-order chi connectivity index (χ1) is 9.65. The highest BCUT2D eigenvalue weighted by atomic mass is 32.2. The molecule has 1 aliphatic rings. The molecular weight excluding hydrogens is 274 g/mol. The van der Waals surface area contributed by atoms with Crippen molar-refractivity contribution in [1.29, 1.82) is 0 Å². The van der Waals surface area contributed by atoms with Crippen molar-refractivity contribution in [3.05, 3.63) is 35.9 Å². The molecular formula is C15H19NO3S. The quantitative estimate of drug-likeness (QED) is 0.780. The van der Waals surface area contributed by atoms with Crippen LogP contribution >= 0.6 is 11.8 Å². The Hall–Kier alpha value is -1.49. The number of carbonyl (C=O) groups excluding carboxylic acids is 1. The number of rotatable bonds is 7. The van der Waals surface area contributed by atoms with E-state index in [1.807, 2.05) is 18.2 Å². The second-order valence-corrected chi connectivity index (χ2v) is 6.16. The summed E-state index contributed by atoms with van der Waals surface area (Å²) in [4.78, 5) is 24.1. The normalized spacial score (nSPS) is 14.9. The van der Waals surface area contributed by atoms with Crippen molar-refractivity contribution in [2.24, 2.45) is 5.92 Å². The van der Waals surface area contributed by atoms with E-state index in [1.165, 1.54) is 5.56 Å². The molecule has 0 bridgehead atoms. The molecule has 1 heterocycles. The van der Waals surface area contributed by atoms with Crippen LogP contribution in [0.5, 0.6) is 0 Å². The van der Waals surface area contributed by atoms with Gasteiger partial charge in [0.1, 0.15) is 0 Å². The van der Waals surface area contributed by atoms with Gasteiger partial charge in [0.15, 0.2) is 0 Å². The van der Waals surface area contributed by atoms with Gasteiger partial charge in [0.05, 0.1) is 12.2 Å². The van der Waals surface area contributed by atoms with E-state index in [0.29, 0.717) is 18.8 Å². The number of aliphatic carboxylic acids is 1. The Morgan fingerprint density at radius 2 is 1.95 bits per heavy atom. The number of hydrogen-bond donors (Lipinski definition) is 1. The number of carbonyl (C=O) groups is 2. The molecule has 1 aromatic carbocycles. The van der Waals surface area contributed by atoms with Gasteiger partial charge in [-0.25, -0.2) is 0 Å². The molecule has 108 valence electrons. The van der Waals surface area contributed by atoms with E-state index in [2.05, 4.69) is 12.1 Å². The van der Waals surface area contributed by atoms with Crippen LogP contribution in [0.25, 0.3) is 0 Å². The van der Waals surface area contributed by atoms with Crippen molar-refractivity contribution >= 4 is 23.6 Å². The highest BCUT2D eigenvalue weighted by Gasteiger charge is 2.31. The summed E-state index contributed by atoms with van der Waals surface area (Å²) in [6.45, 7) is 1.20. The lowest BCUT2D eigenvalue weighted by molar-refractivity contribution is -0.143. The minimum Gasteiger partial charge on any atom is -0.481 e. The summed E-state index contributed by atoms with van der Waals surface area (Å²) < 4.78 is 0. The summed E-state index contributed by atoms with van der Waals surface area (Å²) >= 11 is 1.64. The first kappa shape index (κ1) is 14.9. The fourth-order valence-corrected chi connectivity index (χ4v) is 3.12. The Kier molecular flexibility index (Phi) is 5.47. The van der Waals surface area contributed by atoms with E-state index >= 15 is 0 Å². The maximum atomic E-state index is 11.8. The largest absolute Gasteiger partial charge is 0.481 e. The van der Waals surface area contributed by atoms with E-state index in [-0.39, 0.29) is 18.2 Å². The SMILES string of the molecule is O=C(O)CC1CN(C(=O)CSCCc2ccccc2)C1. The second kappa shape index (κ2) is 7.33. The highest BCUT2D eigenvalue weighted by Crippen LogP contribution is 2.20. The molecule has 0 saturated carbocycles. The summed E-state index contributed by atoms with van der Waals surface area (Å²) in [6, 6.07) is 10.2.